The molecule has 64 valence electrons. The van der Waals surface area contributed by atoms with Crippen LogP contribution in [-0.4, -0.2) is 35.0 Å². The number of rotatable bonds is 2. The number of hydrogen-bond acceptors (Lipinski definition) is 4. The summed E-state index contributed by atoms with van der Waals surface area (Å²) in [6.45, 7) is -0.349. The molecule has 2 N–H and O–H groups in total. The SMILES string of the molecule is O=C1CCCC(C(O)CO)O1. The molecule has 0 aromatic carbocycles. The van der Waals surface area contributed by atoms with Crippen molar-refractivity contribution in [3.63, 3.8) is 0 Å². The molecule has 4 nitrogen and oxygen atoms in total. The smallest absolute Gasteiger partial charge is 0.306 e. The molecule has 4 heteroatoms. The zero-order valence-corrected chi connectivity index (χ0v) is 6.19. The molecule has 0 aromatic rings. The van der Waals surface area contributed by atoms with Crippen LogP contribution in [0.3, 0.4) is 0 Å². The maximum atomic E-state index is 10.7. The average molecular weight is 160 g/mol. The van der Waals surface area contributed by atoms with Crippen molar-refractivity contribution in [2.45, 2.75) is 31.5 Å². The minimum atomic E-state index is -0.917. The first-order chi connectivity index (χ1) is 5.24. The molecule has 1 rings (SSSR count). The van der Waals surface area contributed by atoms with Gasteiger partial charge in [0.2, 0.25) is 0 Å². The molecule has 1 aliphatic heterocycles. The summed E-state index contributed by atoms with van der Waals surface area (Å²) in [5.74, 6) is -0.284. The van der Waals surface area contributed by atoms with Gasteiger partial charge in [0.05, 0.1) is 6.61 Å². The molecule has 0 amide bonds. The molecule has 0 aromatic heterocycles. The monoisotopic (exact) mass is 160 g/mol. The third-order valence-corrected chi connectivity index (χ3v) is 1.77. The van der Waals surface area contributed by atoms with E-state index in [1.54, 1.807) is 0 Å². The summed E-state index contributed by atoms with van der Waals surface area (Å²) in [5, 5.41) is 17.6. The van der Waals surface area contributed by atoms with E-state index in [0.29, 0.717) is 12.8 Å². The van der Waals surface area contributed by atoms with E-state index < -0.39 is 12.2 Å². The van der Waals surface area contributed by atoms with Crippen molar-refractivity contribution in [2.75, 3.05) is 6.61 Å². The summed E-state index contributed by atoms with van der Waals surface area (Å²) in [7, 11) is 0. The lowest BCUT2D eigenvalue weighted by Gasteiger charge is -2.25. The van der Waals surface area contributed by atoms with Crippen LogP contribution in [-0.2, 0) is 9.53 Å². The van der Waals surface area contributed by atoms with E-state index in [2.05, 4.69) is 0 Å². The highest BCUT2D eigenvalue weighted by atomic mass is 16.6. The fourth-order valence-electron chi connectivity index (χ4n) is 1.12. The zero-order chi connectivity index (χ0) is 8.27. The number of esters is 1. The average Bonchev–Trinajstić information content (AvgIpc) is 2.03. The zero-order valence-electron chi connectivity index (χ0n) is 6.19. The van der Waals surface area contributed by atoms with Crippen molar-refractivity contribution < 1.29 is 19.7 Å². The van der Waals surface area contributed by atoms with Crippen molar-refractivity contribution in [3.8, 4) is 0 Å². The molecule has 0 radical (unpaired) electrons. The van der Waals surface area contributed by atoms with Crippen LogP contribution >= 0.6 is 0 Å². The summed E-state index contributed by atoms with van der Waals surface area (Å²) in [5.41, 5.74) is 0. The van der Waals surface area contributed by atoms with Crippen LogP contribution < -0.4 is 0 Å². The van der Waals surface area contributed by atoms with Gasteiger partial charge in [-0.1, -0.05) is 0 Å². The molecule has 1 aliphatic rings. The van der Waals surface area contributed by atoms with E-state index in [4.69, 9.17) is 14.9 Å². The number of aliphatic hydroxyl groups excluding tert-OH is 2. The highest BCUT2D eigenvalue weighted by Gasteiger charge is 2.26. The number of ether oxygens (including phenoxy) is 1. The third-order valence-electron chi connectivity index (χ3n) is 1.77. The molecule has 2 atom stereocenters. The number of aliphatic hydroxyl groups is 2. The van der Waals surface area contributed by atoms with E-state index >= 15 is 0 Å². The number of carbonyl (C=O) groups excluding carboxylic acids is 1. The Balaban J connectivity index is 2.39. The van der Waals surface area contributed by atoms with Crippen LogP contribution in [0.1, 0.15) is 19.3 Å². The van der Waals surface area contributed by atoms with Crippen LogP contribution in [0.5, 0.6) is 0 Å². The van der Waals surface area contributed by atoms with E-state index in [1.807, 2.05) is 0 Å². The van der Waals surface area contributed by atoms with Gasteiger partial charge >= 0.3 is 5.97 Å². The second-order valence-electron chi connectivity index (χ2n) is 2.67. The predicted octanol–water partition coefficient (Wildman–Crippen LogP) is -0.565. The van der Waals surface area contributed by atoms with Crippen molar-refractivity contribution in [3.05, 3.63) is 0 Å². The van der Waals surface area contributed by atoms with Gasteiger partial charge in [0.15, 0.2) is 0 Å². The number of hydrogen-bond donors (Lipinski definition) is 2. The summed E-state index contributed by atoms with van der Waals surface area (Å²) in [6.07, 6.45) is 0.392. The lowest BCUT2D eigenvalue weighted by Crippen LogP contribution is -2.36. The van der Waals surface area contributed by atoms with Gasteiger partial charge in [0, 0.05) is 6.42 Å². The molecule has 1 heterocycles. The minimum Gasteiger partial charge on any atom is -0.460 e. The molecule has 0 aliphatic carbocycles. The molecule has 1 saturated heterocycles. The Kier molecular flexibility index (Phi) is 2.84. The van der Waals surface area contributed by atoms with Gasteiger partial charge in [-0.2, -0.15) is 0 Å². The molecule has 0 spiro atoms. The first kappa shape index (κ1) is 8.49. The number of cyclic esters (lactones) is 1. The van der Waals surface area contributed by atoms with Crippen LogP contribution in [0.25, 0.3) is 0 Å². The normalized spacial score (nSPS) is 27.8. The lowest BCUT2D eigenvalue weighted by molar-refractivity contribution is -0.162. The molecule has 11 heavy (non-hydrogen) atoms. The Morgan fingerprint density at radius 3 is 3.00 bits per heavy atom. The fraction of sp³-hybridized carbons (Fsp3) is 0.857. The van der Waals surface area contributed by atoms with Crippen molar-refractivity contribution in [1.29, 1.82) is 0 Å². The summed E-state index contributed by atoms with van der Waals surface area (Å²) >= 11 is 0. The molecular formula is C7H12O4. The maximum Gasteiger partial charge on any atom is 0.306 e. The summed E-state index contributed by atoms with van der Waals surface area (Å²) < 4.78 is 4.79. The summed E-state index contributed by atoms with van der Waals surface area (Å²) in [6, 6.07) is 0. The van der Waals surface area contributed by atoms with Gasteiger partial charge in [-0.05, 0) is 12.8 Å². The Hall–Kier alpha value is -0.610. The quantitative estimate of drug-likeness (QED) is 0.531. The maximum absolute atomic E-state index is 10.7. The molecular weight excluding hydrogens is 148 g/mol. The van der Waals surface area contributed by atoms with E-state index in [-0.39, 0.29) is 12.6 Å². The van der Waals surface area contributed by atoms with Crippen LogP contribution in [0.4, 0.5) is 0 Å². The van der Waals surface area contributed by atoms with Crippen molar-refractivity contribution in [2.24, 2.45) is 0 Å². The minimum absolute atomic E-state index is 0.284. The van der Waals surface area contributed by atoms with Crippen LogP contribution in [0, 0.1) is 0 Å². The Morgan fingerprint density at radius 2 is 2.45 bits per heavy atom. The van der Waals surface area contributed by atoms with E-state index in [1.165, 1.54) is 0 Å². The standard InChI is InChI=1S/C7H12O4/c8-4-5(9)6-2-1-3-7(10)11-6/h5-6,8-9H,1-4H2. The largest absolute Gasteiger partial charge is 0.460 e. The Labute approximate surface area is 64.8 Å². The van der Waals surface area contributed by atoms with Gasteiger partial charge in [-0.25, -0.2) is 0 Å². The van der Waals surface area contributed by atoms with Crippen LogP contribution in [0.15, 0.2) is 0 Å². The second-order valence-corrected chi connectivity index (χ2v) is 2.67. The first-order valence-corrected chi connectivity index (χ1v) is 3.72. The van der Waals surface area contributed by atoms with Gasteiger partial charge in [0.25, 0.3) is 0 Å². The van der Waals surface area contributed by atoms with Crippen LogP contribution in [0.2, 0.25) is 0 Å². The Bertz CT molecular complexity index is 145. The topological polar surface area (TPSA) is 66.8 Å². The molecule has 0 bridgehead atoms. The number of carbonyl (C=O) groups is 1. The van der Waals surface area contributed by atoms with Gasteiger partial charge in [-0.3, -0.25) is 4.79 Å². The van der Waals surface area contributed by atoms with Crippen molar-refractivity contribution in [1.82, 2.24) is 0 Å². The van der Waals surface area contributed by atoms with Gasteiger partial charge in [0.1, 0.15) is 12.2 Å². The third kappa shape index (κ3) is 2.17. The predicted molar refractivity (Wildman–Crippen MR) is 36.8 cm³/mol. The molecule has 2 unspecified atom stereocenters. The highest BCUT2D eigenvalue weighted by Crippen LogP contribution is 2.16. The summed E-state index contributed by atoms with van der Waals surface area (Å²) in [4.78, 5) is 10.7. The van der Waals surface area contributed by atoms with Gasteiger partial charge in [-0.15, -0.1) is 0 Å². The molecule has 1 fully saturated rings. The fourth-order valence-corrected chi connectivity index (χ4v) is 1.12. The highest BCUT2D eigenvalue weighted by molar-refractivity contribution is 5.70. The molecule has 0 saturated carbocycles. The Morgan fingerprint density at radius 1 is 1.73 bits per heavy atom. The lowest BCUT2D eigenvalue weighted by atomic mass is 10.0. The first-order valence-electron chi connectivity index (χ1n) is 3.72. The second kappa shape index (κ2) is 3.69. The van der Waals surface area contributed by atoms with E-state index in [9.17, 15) is 4.79 Å². The van der Waals surface area contributed by atoms with Gasteiger partial charge < -0.3 is 14.9 Å². The van der Waals surface area contributed by atoms with Crippen molar-refractivity contribution >= 4 is 5.97 Å². The van der Waals surface area contributed by atoms with E-state index in [0.717, 1.165) is 6.42 Å².